The summed E-state index contributed by atoms with van der Waals surface area (Å²) in [6.07, 6.45) is 1.64. The van der Waals surface area contributed by atoms with Crippen molar-refractivity contribution in [1.29, 1.82) is 0 Å². The van der Waals surface area contributed by atoms with Crippen LogP contribution in [0.3, 0.4) is 0 Å². The predicted octanol–water partition coefficient (Wildman–Crippen LogP) is 6.37. The summed E-state index contributed by atoms with van der Waals surface area (Å²) in [5, 5.41) is 8.36. The van der Waals surface area contributed by atoms with E-state index < -0.39 is 0 Å². The predicted molar refractivity (Wildman–Crippen MR) is 145 cm³/mol. The lowest BCUT2D eigenvalue weighted by Gasteiger charge is -2.22. The fourth-order valence-electron chi connectivity index (χ4n) is 3.53. The van der Waals surface area contributed by atoms with Gasteiger partial charge in [0, 0.05) is 23.6 Å². The van der Waals surface area contributed by atoms with Crippen molar-refractivity contribution < 1.29 is 14.3 Å². The molecule has 192 valence electrons. The summed E-state index contributed by atoms with van der Waals surface area (Å²) in [4.78, 5) is 27.9. The molecular formula is C27H32Cl2N4O3. The molecule has 0 radical (unpaired) electrons. The summed E-state index contributed by atoms with van der Waals surface area (Å²) < 4.78 is 6.95. The van der Waals surface area contributed by atoms with E-state index in [-0.39, 0.29) is 23.8 Å². The van der Waals surface area contributed by atoms with Crippen LogP contribution in [0.15, 0.2) is 48.5 Å². The van der Waals surface area contributed by atoms with Gasteiger partial charge >= 0.3 is 0 Å². The summed E-state index contributed by atoms with van der Waals surface area (Å²) in [5.74, 6) is 0.637. The largest absolute Gasteiger partial charge is 0.497 e. The molecule has 9 heteroatoms. The Morgan fingerprint density at radius 2 is 1.75 bits per heavy atom. The Hall–Kier alpha value is -3.03. The van der Waals surface area contributed by atoms with Gasteiger partial charge in [-0.1, -0.05) is 57.3 Å². The van der Waals surface area contributed by atoms with Crippen LogP contribution in [0, 0.1) is 0 Å². The molecule has 0 fully saturated rings. The molecule has 2 aromatic carbocycles. The van der Waals surface area contributed by atoms with Crippen molar-refractivity contribution >= 4 is 40.8 Å². The van der Waals surface area contributed by atoms with E-state index in [0.717, 1.165) is 30.0 Å². The zero-order valence-corrected chi connectivity index (χ0v) is 22.8. The number of amides is 2. The summed E-state index contributed by atoms with van der Waals surface area (Å²) in [7, 11) is 1.61. The molecule has 0 spiro atoms. The fraction of sp³-hybridized carbons (Fsp3) is 0.370. The molecule has 1 aromatic heterocycles. The number of halogens is 2. The van der Waals surface area contributed by atoms with Crippen molar-refractivity contribution in [1.82, 2.24) is 14.7 Å². The summed E-state index contributed by atoms with van der Waals surface area (Å²) in [5.41, 5.74) is 1.75. The molecule has 1 heterocycles. The van der Waals surface area contributed by atoms with Gasteiger partial charge in [-0.25, -0.2) is 4.68 Å². The van der Waals surface area contributed by atoms with E-state index in [1.165, 1.54) is 11.0 Å². The first-order chi connectivity index (χ1) is 17.0. The molecule has 0 aliphatic rings. The molecule has 7 nitrogen and oxygen atoms in total. The highest BCUT2D eigenvalue weighted by Gasteiger charge is 2.24. The number of aromatic nitrogens is 2. The standard InChI is InChI=1S/C27H32Cl2N4O3/c1-6-7-14-32(26(35)18-8-13-21(28)22(29)15-18)17-25(34)30-24-16-23(27(2,3)4)31-33(24)19-9-11-20(36-5)12-10-19/h8-13,15-16H,6-7,14,17H2,1-5H3,(H,30,34). The van der Waals surface area contributed by atoms with E-state index in [4.69, 9.17) is 33.0 Å². The minimum atomic E-state index is -0.324. The van der Waals surface area contributed by atoms with E-state index in [1.54, 1.807) is 23.9 Å². The molecule has 3 aromatic rings. The van der Waals surface area contributed by atoms with Gasteiger partial charge < -0.3 is 15.0 Å². The number of nitrogens with one attached hydrogen (secondary N) is 1. The highest BCUT2D eigenvalue weighted by atomic mass is 35.5. The van der Waals surface area contributed by atoms with Crippen LogP contribution >= 0.6 is 23.2 Å². The lowest BCUT2D eigenvalue weighted by molar-refractivity contribution is -0.117. The van der Waals surface area contributed by atoms with Crippen molar-refractivity contribution in [3.05, 3.63) is 69.8 Å². The number of carbonyl (C=O) groups is 2. The topological polar surface area (TPSA) is 76.5 Å². The Balaban J connectivity index is 1.86. The number of benzene rings is 2. The van der Waals surface area contributed by atoms with Crippen LogP contribution in [-0.2, 0) is 10.2 Å². The summed E-state index contributed by atoms with van der Waals surface area (Å²) in [6, 6.07) is 14.0. The van der Waals surface area contributed by atoms with E-state index in [1.807, 2.05) is 37.3 Å². The number of methoxy groups -OCH3 is 1. The number of rotatable bonds is 9. The zero-order valence-electron chi connectivity index (χ0n) is 21.3. The first kappa shape index (κ1) is 27.6. The van der Waals surface area contributed by atoms with E-state index in [0.29, 0.717) is 28.0 Å². The lowest BCUT2D eigenvalue weighted by Crippen LogP contribution is -2.39. The van der Waals surface area contributed by atoms with E-state index in [9.17, 15) is 9.59 Å². The molecule has 0 atom stereocenters. The number of carbonyl (C=O) groups excluding carboxylic acids is 2. The van der Waals surface area contributed by atoms with E-state index in [2.05, 4.69) is 26.1 Å². The van der Waals surface area contributed by atoms with Crippen molar-refractivity contribution in [3.8, 4) is 11.4 Å². The molecule has 36 heavy (non-hydrogen) atoms. The van der Waals surface area contributed by atoms with Crippen LogP contribution in [0.2, 0.25) is 10.0 Å². The van der Waals surface area contributed by atoms with Gasteiger partial charge in [0.05, 0.1) is 28.5 Å². The second-order valence-corrected chi connectivity index (χ2v) is 10.3. The Bertz CT molecular complexity index is 1220. The average Bonchev–Trinajstić information content (AvgIpc) is 3.27. The first-order valence-electron chi connectivity index (χ1n) is 11.8. The quantitative estimate of drug-likeness (QED) is 0.348. The van der Waals surface area contributed by atoms with Gasteiger partial charge in [-0.3, -0.25) is 9.59 Å². The number of nitrogens with zero attached hydrogens (tertiary/aromatic N) is 3. The smallest absolute Gasteiger partial charge is 0.254 e. The molecule has 2 amide bonds. The SMILES string of the molecule is CCCCN(CC(=O)Nc1cc(C(C)(C)C)nn1-c1ccc(OC)cc1)C(=O)c1ccc(Cl)c(Cl)c1. The van der Waals surface area contributed by atoms with Gasteiger partial charge in [-0.15, -0.1) is 0 Å². The van der Waals surface area contributed by atoms with Gasteiger partial charge in [0.1, 0.15) is 18.1 Å². The Labute approximate surface area is 222 Å². The van der Waals surface area contributed by atoms with Crippen LogP contribution in [0.25, 0.3) is 5.69 Å². The molecule has 0 saturated heterocycles. The minimum absolute atomic E-state index is 0.113. The van der Waals surface area contributed by atoms with Crippen molar-refractivity contribution in [3.63, 3.8) is 0 Å². The maximum Gasteiger partial charge on any atom is 0.254 e. The Morgan fingerprint density at radius 1 is 1.06 bits per heavy atom. The van der Waals surface area contributed by atoms with Gasteiger partial charge in [0.25, 0.3) is 5.91 Å². The summed E-state index contributed by atoms with van der Waals surface area (Å²) >= 11 is 12.1. The highest BCUT2D eigenvalue weighted by Crippen LogP contribution is 2.27. The molecule has 0 aliphatic carbocycles. The highest BCUT2D eigenvalue weighted by molar-refractivity contribution is 6.42. The van der Waals surface area contributed by atoms with Crippen molar-refractivity contribution in [2.45, 2.75) is 46.0 Å². The number of anilines is 1. The Morgan fingerprint density at radius 3 is 2.33 bits per heavy atom. The number of unbranched alkanes of at least 4 members (excludes halogenated alkanes) is 1. The normalized spacial score (nSPS) is 11.3. The van der Waals surface area contributed by atoms with Gasteiger partial charge in [-0.05, 0) is 48.9 Å². The maximum atomic E-state index is 13.2. The fourth-order valence-corrected chi connectivity index (χ4v) is 3.82. The van der Waals surface area contributed by atoms with Crippen LogP contribution in [-0.4, -0.2) is 46.7 Å². The van der Waals surface area contributed by atoms with Crippen LogP contribution in [0.4, 0.5) is 5.82 Å². The van der Waals surface area contributed by atoms with Crippen LogP contribution < -0.4 is 10.1 Å². The molecule has 0 aliphatic heterocycles. The van der Waals surface area contributed by atoms with Crippen LogP contribution in [0.1, 0.15) is 56.6 Å². The molecular weight excluding hydrogens is 499 g/mol. The lowest BCUT2D eigenvalue weighted by atomic mass is 9.92. The van der Waals surface area contributed by atoms with Crippen molar-refractivity contribution in [2.24, 2.45) is 0 Å². The Kier molecular flexibility index (Phi) is 9.03. The van der Waals surface area contributed by atoms with Crippen LogP contribution in [0.5, 0.6) is 5.75 Å². The second-order valence-electron chi connectivity index (χ2n) is 9.53. The maximum absolute atomic E-state index is 13.2. The number of hydrogen-bond donors (Lipinski definition) is 1. The van der Waals surface area contributed by atoms with E-state index >= 15 is 0 Å². The van der Waals surface area contributed by atoms with Gasteiger partial charge in [0.2, 0.25) is 5.91 Å². The van der Waals surface area contributed by atoms with Crippen molar-refractivity contribution in [2.75, 3.05) is 25.5 Å². The van der Waals surface area contributed by atoms with Gasteiger partial charge in [-0.2, -0.15) is 5.10 Å². The monoisotopic (exact) mass is 530 g/mol. The average molecular weight is 531 g/mol. The first-order valence-corrected chi connectivity index (χ1v) is 12.6. The third kappa shape index (κ3) is 6.80. The molecule has 1 N–H and O–H groups in total. The molecule has 0 unspecified atom stereocenters. The minimum Gasteiger partial charge on any atom is -0.497 e. The number of hydrogen-bond acceptors (Lipinski definition) is 4. The number of ether oxygens (including phenoxy) is 1. The second kappa shape index (κ2) is 11.8. The molecule has 0 saturated carbocycles. The summed E-state index contributed by atoms with van der Waals surface area (Å²) in [6.45, 7) is 8.53. The van der Waals surface area contributed by atoms with Gasteiger partial charge in [0.15, 0.2) is 0 Å². The molecule has 0 bridgehead atoms. The molecule has 3 rings (SSSR count). The third-order valence-corrected chi connectivity index (χ3v) is 6.37. The zero-order chi connectivity index (χ0) is 26.5. The third-order valence-electron chi connectivity index (χ3n) is 5.63.